The predicted molar refractivity (Wildman–Crippen MR) is 71.8 cm³/mol. The summed E-state index contributed by atoms with van der Waals surface area (Å²) in [5, 5.41) is 14.6. The highest BCUT2D eigenvalue weighted by Crippen LogP contribution is 2.27. The number of aliphatic hydroxyl groups excluding tert-OH is 1. The fourth-order valence-electron chi connectivity index (χ4n) is 2.20. The Balaban J connectivity index is 1.83. The third-order valence-corrected chi connectivity index (χ3v) is 3.25. The van der Waals surface area contributed by atoms with Gasteiger partial charge in [0.15, 0.2) is 0 Å². The monoisotopic (exact) mass is 256 g/mol. The van der Waals surface area contributed by atoms with Crippen molar-refractivity contribution in [2.24, 2.45) is 0 Å². The molecule has 0 bridgehead atoms. The molecule has 1 aliphatic rings. The third-order valence-electron chi connectivity index (χ3n) is 3.25. The first kappa shape index (κ1) is 12.0. The molecule has 1 aromatic carbocycles. The highest BCUT2D eigenvalue weighted by Gasteiger charge is 2.18. The Morgan fingerprint density at radius 2 is 2.11 bits per heavy atom. The zero-order valence-corrected chi connectivity index (χ0v) is 10.6. The lowest BCUT2D eigenvalue weighted by Gasteiger charge is -2.17. The molecule has 2 heterocycles. The minimum Gasteiger partial charge on any atom is -0.501 e. The molecule has 1 atom stereocenters. The van der Waals surface area contributed by atoms with Crippen molar-refractivity contribution in [3.8, 4) is 5.69 Å². The number of hydrogen-bond donors (Lipinski definition) is 1. The molecule has 0 saturated carbocycles. The number of aliphatic hydroxyl groups is 1. The number of ether oxygens (including phenoxy) is 1. The number of para-hydroxylation sites is 1. The third kappa shape index (κ3) is 2.53. The molecule has 0 spiro atoms. The zero-order chi connectivity index (χ0) is 13.1. The van der Waals surface area contributed by atoms with E-state index >= 15 is 0 Å². The maximum absolute atomic E-state index is 10.3. The lowest BCUT2D eigenvalue weighted by Crippen LogP contribution is -2.07. The van der Waals surface area contributed by atoms with Crippen LogP contribution in [0.5, 0.6) is 0 Å². The van der Waals surface area contributed by atoms with Crippen LogP contribution in [0.3, 0.4) is 0 Å². The molecule has 0 amide bonds. The maximum atomic E-state index is 10.3. The first-order valence-corrected chi connectivity index (χ1v) is 6.43. The standard InChI is InChI=1S/C15H16N2O2/c18-15(12-5-4-8-19-11-12)13-9-16-17(10-13)14-6-2-1-3-7-14/h1-3,6-7,9-11,15,18H,4-5,8H2. The lowest BCUT2D eigenvalue weighted by atomic mass is 10.0. The van der Waals surface area contributed by atoms with E-state index in [0.717, 1.165) is 36.3 Å². The normalized spacial score (nSPS) is 16.6. The summed E-state index contributed by atoms with van der Waals surface area (Å²) in [4.78, 5) is 0. The number of rotatable bonds is 3. The van der Waals surface area contributed by atoms with Gasteiger partial charge in [-0.05, 0) is 30.5 Å². The molecule has 0 fully saturated rings. The van der Waals surface area contributed by atoms with Crippen LogP contribution in [0, 0.1) is 0 Å². The summed E-state index contributed by atoms with van der Waals surface area (Å²) in [5.41, 5.74) is 2.69. The van der Waals surface area contributed by atoms with Crippen LogP contribution < -0.4 is 0 Å². The van der Waals surface area contributed by atoms with Gasteiger partial charge in [0.25, 0.3) is 0 Å². The summed E-state index contributed by atoms with van der Waals surface area (Å²) in [6, 6.07) is 9.85. The second-order valence-corrected chi connectivity index (χ2v) is 4.62. The Morgan fingerprint density at radius 3 is 2.84 bits per heavy atom. The van der Waals surface area contributed by atoms with Crippen LogP contribution in [0.1, 0.15) is 24.5 Å². The van der Waals surface area contributed by atoms with Crippen molar-refractivity contribution in [1.29, 1.82) is 0 Å². The second kappa shape index (κ2) is 5.28. The first-order valence-electron chi connectivity index (χ1n) is 6.43. The van der Waals surface area contributed by atoms with Crippen molar-refractivity contribution in [2.45, 2.75) is 18.9 Å². The maximum Gasteiger partial charge on any atom is 0.106 e. The molecule has 1 unspecified atom stereocenters. The Kier molecular flexibility index (Phi) is 3.33. The van der Waals surface area contributed by atoms with Gasteiger partial charge < -0.3 is 9.84 Å². The predicted octanol–water partition coefficient (Wildman–Crippen LogP) is 2.60. The summed E-state index contributed by atoms with van der Waals surface area (Å²) in [5.74, 6) is 0. The average Bonchev–Trinajstić information content (AvgIpc) is 2.98. The quantitative estimate of drug-likeness (QED) is 0.918. The smallest absolute Gasteiger partial charge is 0.106 e. The van der Waals surface area contributed by atoms with Gasteiger partial charge in [-0.15, -0.1) is 0 Å². The lowest BCUT2D eigenvalue weighted by molar-refractivity contribution is 0.170. The van der Waals surface area contributed by atoms with Crippen LogP contribution >= 0.6 is 0 Å². The van der Waals surface area contributed by atoms with Gasteiger partial charge in [0.1, 0.15) is 6.10 Å². The average molecular weight is 256 g/mol. The van der Waals surface area contributed by atoms with E-state index in [9.17, 15) is 5.11 Å². The van der Waals surface area contributed by atoms with Crippen molar-refractivity contribution in [3.63, 3.8) is 0 Å². The highest BCUT2D eigenvalue weighted by molar-refractivity contribution is 5.32. The summed E-state index contributed by atoms with van der Waals surface area (Å²) in [7, 11) is 0. The molecule has 2 aromatic rings. The Hall–Kier alpha value is -2.07. The van der Waals surface area contributed by atoms with E-state index < -0.39 is 6.10 Å². The fraction of sp³-hybridized carbons (Fsp3) is 0.267. The summed E-state index contributed by atoms with van der Waals surface area (Å²) in [6.07, 6.45) is 6.43. The molecule has 4 heteroatoms. The molecule has 3 rings (SSSR count). The summed E-state index contributed by atoms with van der Waals surface area (Å²) >= 11 is 0. The molecular weight excluding hydrogens is 240 g/mol. The molecule has 0 radical (unpaired) electrons. The van der Waals surface area contributed by atoms with E-state index in [4.69, 9.17) is 4.74 Å². The van der Waals surface area contributed by atoms with Crippen LogP contribution in [0.15, 0.2) is 54.6 Å². The minimum absolute atomic E-state index is 0.627. The molecule has 4 nitrogen and oxygen atoms in total. The Labute approximate surface area is 111 Å². The Bertz CT molecular complexity index is 575. The number of benzene rings is 1. The Morgan fingerprint density at radius 1 is 1.26 bits per heavy atom. The minimum atomic E-state index is -0.627. The highest BCUT2D eigenvalue weighted by atomic mass is 16.5. The van der Waals surface area contributed by atoms with Gasteiger partial charge in [-0.2, -0.15) is 5.10 Å². The van der Waals surface area contributed by atoms with Crippen LogP contribution in [-0.4, -0.2) is 21.5 Å². The summed E-state index contributed by atoms with van der Waals surface area (Å²) < 4.78 is 7.03. The van der Waals surface area contributed by atoms with Gasteiger partial charge >= 0.3 is 0 Å². The van der Waals surface area contributed by atoms with Crippen LogP contribution in [0.2, 0.25) is 0 Å². The number of aromatic nitrogens is 2. The molecule has 0 aliphatic carbocycles. The van der Waals surface area contributed by atoms with Gasteiger partial charge in [-0.1, -0.05) is 18.2 Å². The van der Waals surface area contributed by atoms with Gasteiger partial charge in [-0.25, -0.2) is 4.68 Å². The molecule has 1 N–H and O–H groups in total. The van der Waals surface area contributed by atoms with Crippen molar-refractivity contribution in [3.05, 3.63) is 60.1 Å². The molecule has 1 aromatic heterocycles. The largest absolute Gasteiger partial charge is 0.501 e. The van der Waals surface area contributed by atoms with E-state index in [2.05, 4.69) is 5.10 Å². The summed E-state index contributed by atoms with van der Waals surface area (Å²) in [6.45, 7) is 0.736. The van der Waals surface area contributed by atoms with Crippen molar-refractivity contribution < 1.29 is 9.84 Å². The fourth-order valence-corrected chi connectivity index (χ4v) is 2.20. The number of hydrogen-bond acceptors (Lipinski definition) is 3. The zero-order valence-electron chi connectivity index (χ0n) is 10.6. The molecule has 19 heavy (non-hydrogen) atoms. The van der Waals surface area contributed by atoms with Crippen LogP contribution in [0.4, 0.5) is 0 Å². The van der Waals surface area contributed by atoms with Crippen molar-refractivity contribution >= 4 is 0 Å². The van der Waals surface area contributed by atoms with Crippen molar-refractivity contribution in [2.75, 3.05) is 6.61 Å². The van der Waals surface area contributed by atoms with E-state index in [-0.39, 0.29) is 0 Å². The van der Waals surface area contributed by atoms with Crippen LogP contribution in [-0.2, 0) is 4.74 Å². The molecule has 98 valence electrons. The van der Waals surface area contributed by atoms with Gasteiger partial charge in [0.05, 0.1) is 24.8 Å². The van der Waals surface area contributed by atoms with Gasteiger partial charge in [0, 0.05) is 11.8 Å². The molecule has 0 saturated heterocycles. The molecular formula is C15H16N2O2. The van der Waals surface area contributed by atoms with Crippen molar-refractivity contribution in [1.82, 2.24) is 9.78 Å². The topological polar surface area (TPSA) is 47.3 Å². The number of nitrogens with zero attached hydrogens (tertiary/aromatic N) is 2. The molecule has 1 aliphatic heterocycles. The van der Waals surface area contributed by atoms with E-state index in [1.807, 2.05) is 36.5 Å². The first-order chi connectivity index (χ1) is 9.34. The van der Waals surface area contributed by atoms with E-state index in [0.29, 0.717) is 0 Å². The van der Waals surface area contributed by atoms with Gasteiger partial charge in [-0.3, -0.25) is 0 Å². The van der Waals surface area contributed by atoms with Gasteiger partial charge in [0.2, 0.25) is 0 Å². The SMILES string of the molecule is OC(C1=COCCC1)c1cnn(-c2ccccc2)c1. The second-order valence-electron chi connectivity index (χ2n) is 4.62. The van der Waals surface area contributed by atoms with E-state index in [1.165, 1.54) is 0 Å². The van der Waals surface area contributed by atoms with E-state index in [1.54, 1.807) is 17.1 Å². The van der Waals surface area contributed by atoms with Crippen LogP contribution in [0.25, 0.3) is 5.69 Å².